The van der Waals surface area contributed by atoms with Gasteiger partial charge in [-0.05, 0) is 18.2 Å². The van der Waals surface area contributed by atoms with Gasteiger partial charge >= 0.3 is 5.97 Å². The lowest BCUT2D eigenvalue weighted by Crippen LogP contribution is -2.05. The number of hydrogen-bond donors (Lipinski definition) is 1. The Morgan fingerprint density at radius 3 is 2.77 bits per heavy atom. The number of methoxy groups -OCH3 is 1. The lowest BCUT2D eigenvalue weighted by molar-refractivity contribution is 0.0602. The highest BCUT2D eigenvalue weighted by atomic mass is 35.5. The van der Waals surface area contributed by atoms with Crippen LogP contribution in [0, 0.1) is 0 Å². The van der Waals surface area contributed by atoms with Gasteiger partial charge in [0.05, 0.1) is 12.7 Å². The van der Waals surface area contributed by atoms with Crippen molar-refractivity contribution in [3.05, 3.63) is 28.8 Å². The third-order valence-corrected chi connectivity index (χ3v) is 1.89. The Morgan fingerprint density at radius 2 is 2.23 bits per heavy atom. The van der Waals surface area contributed by atoms with Crippen LogP contribution in [0.2, 0.25) is 5.02 Å². The molecule has 70 valence electrons. The zero-order valence-electron chi connectivity index (χ0n) is 7.43. The molecule has 0 heterocycles. The predicted octanol–water partition coefficient (Wildman–Crippen LogP) is 2.17. The summed E-state index contributed by atoms with van der Waals surface area (Å²) in [6.45, 7) is 0. The number of anilines is 1. The lowest BCUT2D eigenvalue weighted by Gasteiger charge is -2.06. The fraction of sp³-hybridized carbons (Fsp3) is 0.222. The Morgan fingerprint density at radius 1 is 1.54 bits per heavy atom. The van der Waals surface area contributed by atoms with Crippen LogP contribution in [0.25, 0.3) is 0 Å². The van der Waals surface area contributed by atoms with Gasteiger partial charge in [0.25, 0.3) is 0 Å². The van der Waals surface area contributed by atoms with Gasteiger partial charge in [-0.1, -0.05) is 11.6 Å². The summed E-state index contributed by atoms with van der Waals surface area (Å²) < 4.78 is 4.60. The summed E-state index contributed by atoms with van der Waals surface area (Å²) in [5, 5.41) is 3.45. The van der Waals surface area contributed by atoms with Crippen LogP contribution in [-0.2, 0) is 4.74 Å². The molecule has 0 saturated carbocycles. The monoisotopic (exact) mass is 199 g/mol. The molecule has 1 rings (SSSR count). The van der Waals surface area contributed by atoms with Crippen molar-refractivity contribution in [2.75, 3.05) is 19.5 Å². The van der Waals surface area contributed by atoms with E-state index in [-0.39, 0.29) is 5.97 Å². The summed E-state index contributed by atoms with van der Waals surface area (Å²) in [4.78, 5) is 11.2. The second-order valence-electron chi connectivity index (χ2n) is 2.43. The Hall–Kier alpha value is -1.22. The average Bonchev–Trinajstić information content (AvgIpc) is 2.16. The van der Waals surface area contributed by atoms with Gasteiger partial charge in [0.1, 0.15) is 0 Å². The van der Waals surface area contributed by atoms with E-state index in [2.05, 4.69) is 10.1 Å². The minimum Gasteiger partial charge on any atom is -0.465 e. The molecule has 1 aromatic carbocycles. The highest BCUT2D eigenvalue weighted by Gasteiger charge is 2.10. The van der Waals surface area contributed by atoms with Crippen molar-refractivity contribution < 1.29 is 9.53 Å². The van der Waals surface area contributed by atoms with Gasteiger partial charge in [-0.25, -0.2) is 4.79 Å². The minimum absolute atomic E-state index is 0.374. The molecule has 13 heavy (non-hydrogen) atoms. The molecular formula is C9H10ClNO2. The normalized spacial score (nSPS) is 9.46. The number of hydrogen-bond acceptors (Lipinski definition) is 3. The van der Waals surface area contributed by atoms with Crippen LogP contribution in [0.1, 0.15) is 10.4 Å². The molecule has 4 heteroatoms. The smallest absolute Gasteiger partial charge is 0.339 e. The number of rotatable bonds is 2. The first-order valence-corrected chi connectivity index (χ1v) is 4.12. The van der Waals surface area contributed by atoms with E-state index in [1.807, 2.05) is 0 Å². The summed E-state index contributed by atoms with van der Waals surface area (Å²) in [5.74, 6) is -0.374. The molecular weight excluding hydrogens is 190 g/mol. The van der Waals surface area contributed by atoms with Gasteiger partial charge in [0.2, 0.25) is 0 Å². The largest absolute Gasteiger partial charge is 0.465 e. The predicted molar refractivity (Wildman–Crippen MR) is 52.3 cm³/mol. The average molecular weight is 200 g/mol. The first-order chi connectivity index (χ1) is 6.19. The molecule has 0 aliphatic rings. The summed E-state index contributed by atoms with van der Waals surface area (Å²) in [5.41, 5.74) is 1.15. The Bertz CT molecular complexity index is 325. The maximum Gasteiger partial charge on any atom is 0.339 e. The van der Waals surface area contributed by atoms with Crippen molar-refractivity contribution in [1.82, 2.24) is 0 Å². The van der Waals surface area contributed by atoms with Gasteiger partial charge in [-0.3, -0.25) is 0 Å². The minimum atomic E-state index is -0.374. The third-order valence-electron chi connectivity index (χ3n) is 1.66. The summed E-state index contributed by atoms with van der Waals surface area (Å²) in [6, 6.07) is 4.95. The van der Waals surface area contributed by atoms with Crippen molar-refractivity contribution in [2.24, 2.45) is 0 Å². The zero-order chi connectivity index (χ0) is 9.84. The van der Waals surface area contributed by atoms with E-state index >= 15 is 0 Å². The van der Waals surface area contributed by atoms with Gasteiger partial charge < -0.3 is 10.1 Å². The molecule has 0 radical (unpaired) electrons. The van der Waals surface area contributed by atoms with E-state index in [1.165, 1.54) is 7.11 Å². The standard InChI is InChI=1S/C9H10ClNO2/c1-11-8-5-6(10)3-4-7(8)9(12)13-2/h3-5,11H,1-2H3. The van der Waals surface area contributed by atoms with Gasteiger partial charge in [-0.2, -0.15) is 0 Å². The molecule has 0 bridgehead atoms. The number of carbonyl (C=O) groups excluding carboxylic acids is 1. The molecule has 0 saturated heterocycles. The van der Waals surface area contributed by atoms with Crippen LogP contribution in [0.5, 0.6) is 0 Å². The maximum atomic E-state index is 11.2. The van der Waals surface area contributed by atoms with Crippen LogP contribution in [-0.4, -0.2) is 20.1 Å². The molecule has 0 unspecified atom stereocenters. The third kappa shape index (κ3) is 2.12. The molecule has 0 fully saturated rings. The fourth-order valence-corrected chi connectivity index (χ4v) is 1.18. The first kappa shape index (κ1) is 9.86. The molecule has 3 nitrogen and oxygen atoms in total. The van der Waals surface area contributed by atoms with Crippen molar-refractivity contribution in [2.45, 2.75) is 0 Å². The Kier molecular flexibility index (Phi) is 3.14. The van der Waals surface area contributed by atoms with Crippen molar-refractivity contribution in [3.63, 3.8) is 0 Å². The van der Waals surface area contributed by atoms with Gasteiger partial charge in [0, 0.05) is 17.8 Å². The SMILES string of the molecule is CNc1cc(Cl)ccc1C(=O)OC. The summed E-state index contributed by atoms with van der Waals surface area (Å²) >= 11 is 5.75. The van der Waals surface area contributed by atoms with Gasteiger partial charge in [-0.15, -0.1) is 0 Å². The number of esters is 1. The number of benzene rings is 1. The van der Waals surface area contributed by atoms with Crippen LogP contribution < -0.4 is 5.32 Å². The van der Waals surface area contributed by atoms with Crippen LogP contribution in [0.15, 0.2) is 18.2 Å². The highest BCUT2D eigenvalue weighted by Crippen LogP contribution is 2.20. The number of nitrogens with one attached hydrogen (secondary N) is 1. The molecule has 1 N–H and O–H groups in total. The zero-order valence-corrected chi connectivity index (χ0v) is 8.18. The van der Waals surface area contributed by atoms with E-state index in [4.69, 9.17) is 11.6 Å². The van der Waals surface area contributed by atoms with E-state index in [1.54, 1.807) is 25.2 Å². The molecule has 0 amide bonds. The number of ether oxygens (including phenoxy) is 1. The maximum absolute atomic E-state index is 11.2. The van der Waals surface area contributed by atoms with E-state index in [0.29, 0.717) is 16.3 Å². The molecule has 0 aliphatic heterocycles. The van der Waals surface area contributed by atoms with E-state index < -0.39 is 0 Å². The van der Waals surface area contributed by atoms with Crippen molar-refractivity contribution >= 4 is 23.3 Å². The van der Waals surface area contributed by atoms with E-state index in [9.17, 15) is 4.79 Å². The van der Waals surface area contributed by atoms with Crippen molar-refractivity contribution in [3.8, 4) is 0 Å². The number of halogens is 1. The quantitative estimate of drug-likeness (QED) is 0.742. The topological polar surface area (TPSA) is 38.3 Å². The van der Waals surface area contributed by atoms with Crippen molar-refractivity contribution in [1.29, 1.82) is 0 Å². The first-order valence-electron chi connectivity index (χ1n) is 3.74. The molecule has 0 atom stereocenters. The van der Waals surface area contributed by atoms with Gasteiger partial charge in [0.15, 0.2) is 0 Å². The van der Waals surface area contributed by atoms with Crippen LogP contribution in [0.4, 0.5) is 5.69 Å². The summed E-state index contributed by atoms with van der Waals surface area (Å²) in [7, 11) is 3.06. The van der Waals surface area contributed by atoms with Crippen LogP contribution in [0.3, 0.4) is 0 Å². The lowest BCUT2D eigenvalue weighted by atomic mass is 10.2. The summed E-state index contributed by atoms with van der Waals surface area (Å²) in [6.07, 6.45) is 0. The Labute approximate surface area is 81.7 Å². The highest BCUT2D eigenvalue weighted by molar-refractivity contribution is 6.31. The number of carbonyl (C=O) groups is 1. The van der Waals surface area contributed by atoms with Crippen LogP contribution >= 0.6 is 11.6 Å². The molecule has 0 aliphatic carbocycles. The van der Waals surface area contributed by atoms with E-state index in [0.717, 1.165) is 0 Å². The molecule has 0 aromatic heterocycles. The fourth-order valence-electron chi connectivity index (χ4n) is 1.01. The molecule has 1 aromatic rings. The molecule has 0 spiro atoms. The second kappa shape index (κ2) is 4.14. The Balaban J connectivity index is 3.13. The second-order valence-corrected chi connectivity index (χ2v) is 2.87.